The lowest BCUT2D eigenvalue weighted by molar-refractivity contribution is 0.0844. The first-order valence-corrected chi connectivity index (χ1v) is 7.56. The number of likely N-dealkylation sites (tertiary alicyclic amines) is 1. The molecule has 1 aromatic carbocycles. The summed E-state index contributed by atoms with van der Waals surface area (Å²) in [6.45, 7) is 11.0. The Morgan fingerprint density at radius 1 is 1.32 bits per heavy atom. The largest absolute Gasteiger partial charge is 0.329 e. The molecule has 106 valence electrons. The van der Waals surface area contributed by atoms with Crippen LogP contribution in [0.2, 0.25) is 0 Å². The number of piperidine rings is 1. The van der Waals surface area contributed by atoms with E-state index in [1.165, 1.54) is 36.1 Å². The van der Waals surface area contributed by atoms with Crippen LogP contribution in [0.3, 0.4) is 0 Å². The summed E-state index contributed by atoms with van der Waals surface area (Å²) in [5.74, 6) is 0.850. The first kappa shape index (κ1) is 14.5. The Morgan fingerprint density at radius 3 is 2.68 bits per heavy atom. The topological polar surface area (TPSA) is 29.3 Å². The molecule has 0 radical (unpaired) electrons. The quantitative estimate of drug-likeness (QED) is 0.902. The number of rotatable bonds is 3. The van der Waals surface area contributed by atoms with Crippen LogP contribution in [0.15, 0.2) is 18.2 Å². The van der Waals surface area contributed by atoms with Gasteiger partial charge in [-0.15, -0.1) is 0 Å². The van der Waals surface area contributed by atoms with Crippen molar-refractivity contribution in [3.05, 3.63) is 34.9 Å². The monoisotopic (exact) mass is 260 g/mol. The van der Waals surface area contributed by atoms with Gasteiger partial charge in [0, 0.05) is 18.6 Å². The Kier molecular flexibility index (Phi) is 4.64. The summed E-state index contributed by atoms with van der Waals surface area (Å²) in [5, 5.41) is 0. The zero-order chi connectivity index (χ0) is 14.0. The van der Waals surface area contributed by atoms with Crippen LogP contribution in [0.25, 0.3) is 0 Å². The molecule has 0 amide bonds. The van der Waals surface area contributed by atoms with Gasteiger partial charge >= 0.3 is 0 Å². The number of aryl methyl sites for hydroxylation is 1. The van der Waals surface area contributed by atoms with Gasteiger partial charge in [-0.05, 0) is 62.8 Å². The van der Waals surface area contributed by atoms with Crippen molar-refractivity contribution in [2.45, 2.75) is 52.6 Å². The molecule has 19 heavy (non-hydrogen) atoms. The highest BCUT2D eigenvalue weighted by molar-refractivity contribution is 5.35. The Morgan fingerprint density at radius 2 is 2.05 bits per heavy atom. The van der Waals surface area contributed by atoms with E-state index in [2.05, 4.69) is 50.8 Å². The lowest BCUT2D eigenvalue weighted by atomic mass is 9.89. The molecule has 0 saturated carbocycles. The molecule has 1 aliphatic heterocycles. The average Bonchev–Trinajstić information content (AvgIpc) is 2.37. The molecule has 2 nitrogen and oxygen atoms in total. The highest BCUT2D eigenvalue weighted by atomic mass is 15.2. The Labute approximate surface area is 118 Å². The van der Waals surface area contributed by atoms with Crippen LogP contribution in [0.1, 0.15) is 49.4 Å². The summed E-state index contributed by atoms with van der Waals surface area (Å²) < 4.78 is 0. The van der Waals surface area contributed by atoms with Crippen molar-refractivity contribution in [3.63, 3.8) is 0 Å². The molecule has 1 aliphatic rings. The molecule has 1 heterocycles. The second-order valence-electron chi connectivity index (χ2n) is 6.26. The van der Waals surface area contributed by atoms with E-state index in [9.17, 15) is 0 Å². The van der Waals surface area contributed by atoms with Gasteiger partial charge in [0.1, 0.15) is 0 Å². The van der Waals surface area contributed by atoms with Crippen LogP contribution >= 0.6 is 0 Å². The molecule has 3 unspecified atom stereocenters. The van der Waals surface area contributed by atoms with Gasteiger partial charge in [0.25, 0.3) is 0 Å². The van der Waals surface area contributed by atoms with Gasteiger partial charge in [-0.25, -0.2) is 0 Å². The van der Waals surface area contributed by atoms with E-state index in [1.54, 1.807) is 0 Å². The van der Waals surface area contributed by atoms with Gasteiger partial charge in [0.15, 0.2) is 0 Å². The van der Waals surface area contributed by atoms with E-state index in [0.29, 0.717) is 18.6 Å². The third-order valence-electron chi connectivity index (χ3n) is 4.82. The molecule has 2 heteroatoms. The number of benzene rings is 1. The predicted octanol–water partition coefficient (Wildman–Crippen LogP) is 3.42. The second kappa shape index (κ2) is 6.06. The van der Waals surface area contributed by atoms with Gasteiger partial charge in [-0.1, -0.05) is 25.1 Å². The Bertz CT molecular complexity index is 427. The SMILES string of the molecule is Cc1cccc(C(CN)N2CCC(C)CC2C)c1C. The maximum absolute atomic E-state index is 6.11. The number of nitrogens with zero attached hydrogens (tertiary/aromatic N) is 1. The lowest BCUT2D eigenvalue weighted by Gasteiger charge is -2.42. The Hall–Kier alpha value is -0.860. The zero-order valence-electron chi connectivity index (χ0n) is 12.8. The lowest BCUT2D eigenvalue weighted by Crippen LogP contribution is -2.45. The van der Waals surface area contributed by atoms with Crippen LogP contribution < -0.4 is 5.73 Å². The van der Waals surface area contributed by atoms with Gasteiger partial charge in [-0.3, -0.25) is 4.90 Å². The van der Waals surface area contributed by atoms with Crippen LogP contribution in [-0.2, 0) is 0 Å². The third kappa shape index (κ3) is 3.01. The molecular weight excluding hydrogens is 232 g/mol. The first-order valence-electron chi connectivity index (χ1n) is 7.56. The normalized spacial score (nSPS) is 26.4. The van der Waals surface area contributed by atoms with Crippen molar-refractivity contribution in [1.82, 2.24) is 4.90 Å². The van der Waals surface area contributed by atoms with E-state index in [1.807, 2.05) is 0 Å². The number of hydrogen-bond acceptors (Lipinski definition) is 2. The summed E-state index contributed by atoms with van der Waals surface area (Å²) in [4.78, 5) is 2.61. The van der Waals surface area contributed by atoms with Crippen LogP contribution in [0, 0.1) is 19.8 Å². The molecule has 0 aromatic heterocycles. The van der Waals surface area contributed by atoms with Crippen molar-refractivity contribution < 1.29 is 0 Å². The van der Waals surface area contributed by atoms with Crippen molar-refractivity contribution in [2.24, 2.45) is 11.7 Å². The molecule has 0 aliphatic carbocycles. The smallest absolute Gasteiger partial charge is 0.0475 e. The van der Waals surface area contributed by atoms with Crippen molar-refractivity contribution >= 4 is 0 Å². The summed E-state index contributed by atoms with van der Waals surface area (Å²) in [7, 11) is 0. The highest BCUT2D eigenvalue weighted by Crippen LogP contribution is 2.32. The van der Waals surface area contributed by atoms with Crippen LogP contribution in [0.4, 0.5) is 0 Å². The fraction of sp³-hybridized carbons (Fsp3) is 0.647. The highest BCUT2D eigenvalue weighted by Gasteiger charge is 2.29. The van der Waals surface area contributed by atoms with E-state index >= 15 is 0 Å². The molecule has 3 atom stereocenters. The minimum atomic E-state index is 0.377. The van der Waals surface area contributed by atoms with E-state index in [-0.39, 0.29) is 0 Å². The summed E-state index contributed by atoms with van der Waals surface area (Å²) >= 11 is 0. The van der Waals surface area contributed by atoms with Gasteiger partial charge in [0.05, 0.1) is 0 Å². The first-order chi connectivity index (χ1) is 9.04. The van der Waals surface area contributed by atoms with Crippen molar-refractivity contribution in [3.8, 4) is 0 Å². The molecule has 0 spiro atoms. The molecule has 2 rings (SSSR count). The van der Waals surface area contributed by atoms with Gasteiger partial charge in [0.2, 0.25) is 0 Å². The summed E-state index contributed by atoms with van der Waals surface area (Å²) in [6, 6.07) is 7.62. The van der Waals surface area contributed by atoms with E-state index in [0.717, 1.165) is 5.92 Å². The maximum Gasteiger partial charge on any atom is 0.0475 e. The summed E-state index contributed by atoms with van der Waals surface area (Å²) in [6.07, 6.45) is 2.59. The van der Waals surface area contributed by atoms with Crippen LogP contribution in [-0.4, -0.2) is 24.0 Å². The fourth-order valence-electron chi connectivity index (χ4n) is 3.46. The predicted molar refractivity (Wildman–Crippen MR) is 82.3 cm³/mol. The maximum atomic E-state index is 6.11. The Balaban J connectivity index is 2.27. The van der Waals surface area contributed by atoms with E-state index < -0.39 is 0 Å². The van der Waals surface area contributed by atoms with Gasteiger partial charge in [-0.2, -0.15) is 0 Å². The molecule has 1 saturated heterocycles. The fourth-order valence-corrected chi connectivity index (χ4v) is 3.46. The average molecular weight is 260 g/mol. The minimum Gasteiger partial charge on any atom is -0.329 e. The number of nitrogens with two attached hydrogens (primary N) is 1. The molecule has 1 fully saturated rings. The van der Waals surface area contributed by atoms with Crippen LogP contribution in [0.5, 0.6) is 0 Å². The van der Waals surface area contributed by atoms with E-state index in [4.69, 9.17) is 5.73 Å². The standard InChI is InChI=1S/C17H28N2/c1-12-8-9-19(14(3)10-12)17(11-18)16-7-5-6-13(2)15(16)4/h5-7,12,14,17H,8-11,18H2,1-4H3. The summed E-state index contributed by atoms with van der Waals surface area (Å²) in [5.41, 5.74) is 10.3. The van der Waals surface area contributed by atoms with Crippen molar-refractivity contribution in [1.29, 1.82) is 0 Å². The second-order valence-corrected chi connectivity index (χ2v) is 6.26. The molecular formula is C17H28N2. The minimum absolute atomic E-state index is 0.377. The van der Waals surface area contributed by atoms with Crippen molar-refractivity contribution in [2.75, 3.05) is 13.1 Å². The molecule has 1 aromatic rings. The molecule has 0 bridgehead atoms. The zero-order valence-corrected chi connectivity index (χ0v) is 12.8. The molecule has 2 N–H and O–H groups in total. The number of hydrogen-bond donors (Lipinski definition) is 1. The third-order valence-corrected chi connectivity index (χ3v) is 4.82. The van der Waals surface area contributed by atoms with Gasteiger partial charge < -0.3 is 5.73 Å².